The van der Waals surface area contributed by atoms with E-state index in [1.54, 1.807) is 24.8 Å². The highest BCUT2D eigenvalue weighted by molar-refractivity contribution is 7.91. The molecule has 0 N–H and O–H groups in total. The Morgan fingerprint density at radius 2 is 1.96 bits per heavy atom. The molecule has 6 heteroatoms. The number of benzene rings is 1. The third-order valence-corrected chi connectivity index (χ3v) is 6.13. The smallest absolute Gasteiger partial charge is 0.257 e. The van der Waals surface area contributed by atoms with Gasteiger partial charge in [0, 0.05) is 12.6 Å². The zero-order valence-electron chi connectivity index (χ0n) is 13.9. The van der Waals surface area contributed by atoms with Crippen molar-refractivity contribution in [1.82, 2.24) is 4.90 Å². The molecule has 1 amide bonds. The van der Waals surface area contributed by atoms with Crippen LogP contribution in [0, 0.1) is 13.8 Å². The molecule has 1 aromatic carbocycles. The number of furan rings is 1. The molecule has 1 fully saturated rings. The SMILES string of the molecule is Cc1cc(C(=O)N(Cc2ccccc2)[C@H]2CCS(=O)(=O)C2)c(C)o1. The van der Waals surface area contributed by atoms with E-state index < -0.39 is 9.84 Å². The molecule has 2 aromatic rings. The molecule has 0 unspecified atom stereocenters. The molecule has 5 nitrogen and oxygen atoms in total. The normalized spacial score (nSPS) is 19.3. The van der Waals surface area contributed by atoms with Crippen LogP contribution in [-0.2, 0) is 16.4 Å². The molecule has 1 atom stereocenters. The van der Waals surface area contributed by atoms with Gasteiger partial charge in [0.05, 0.1) is 17.1 Å². The van der Waals surface area contributed by atoms with Gasteiger partial charge in [0.1, 0.15) is 11.5 Å². The van der Waals surface area contributed by atoms with Crippen LogP contribution in [0.2, 0.25) is 0 Å². The average molecular weight is 347 g/mol. The van der Waals surface area contributed by atoms with Crippen molar-refractivity contribution in [2.24, 2.45) is 0 Å². The summed E-state index contributed by atoms with van der Waals surface area (Å²) < 4.78 is 29.2. The number of hydrogen-bond acceptors (Lipinski definition) is 4. The lowest BCUT2D eigenvalue weighted by Crippen LogP contribution is -2.40. The summed E-state index contributed by atoms with van der Waals surface area (Å²) in [7, 11) is -3.07. The lowest BCUT2D eigenvalue weighted by atomic mass is 10.1. The van der Waals surface area contributed by atoms with Crippen LogP contribution in [0.4, 0.5) is 0 Å². The van der Waals surface area contributed by atoms with E-state index >= 15 is 0 Å². The second-order valence-electron chi connectivity index (χ2n) is 6.30. The number of nitrogens with zero attached hydrogens (tertiary/aromatic N) is 1. The van der Waals surface area contributed by atoms with Crippen molar-refractivity contribution in [2.75, 3.05) is 11.5 Å². The van der Waals surface area contributed by atoms with Gasteiger partial charge in [-0.25, -0.2) is 8.42 Å². The largest absolute Gasteiger partial charge is 0.466 e. The van der Waals surface area contributed by atoms with Gasteiger partial charge in [-0.1, -0.05) is 30.3 Å². The monoisotopic (exact) mass is 347 g/mol. The number of carbonyl (C=O) groups excluding carboxylic acids is 1. The van der Waals surface area contributed by atoms with Crippen LogP contribution >= 0.6 is 0 Å². The van der Waals surface area contributed by atoms with Gasteiger partial charge in [0.25, 0.3) is 5.91 Å². The lowest BCUT2D eigenvalue weighted by molar-refractivity contribution is 0.0679. The lowest BCUT2D eigenvalue weighted by Gasteiger charge is -2.28. The molecule has 3 rings (SSSR count). The first-order valence-corrected chi connectivity index (χ1v) is 9.80. The maximum absolute atomic E-state index is 13.1. The van der Waals surface area contributed by atoms with Gasteiger partial charge in [-0.2, -0.15) is 0 Å². The van der Waals surface area contributed by atoms with E-state index in [-0.39, 0.29) is 23.5 Å². The summed E-state index contributed by atoms with van der Waals surface area (Å²) in [5, 5.41) is 0. The molecule has 2 heterocycles. The standard InChI is InChI=1S/C18H21NO4S/c1-13-10-17(14(2)23-13)18(20)19(11-15-6-4-3-5-7-15)16-8-9-24(21,22)12-16/h3-7,10,16H,8-9,11-12H2,1-2H3/t16-/m0/s1. The van der Waals surface area contributed by atoms with E-state index in [1.807, 2.05) is 30.3 Å². The third-order valence-electron chi connectivity index (χ3n) is 4.38. The van der Waals surface area contributed by atoms with Crippen molar-refractivity contribution in [2.45, 2.75) is 32.9 Å². The van der Waals surface area contributed by atoms with Crippen molar-refractivity contribution in [1.29, 1.82) is 0 Å². The number of amides is 1. The van der Waals surface area contributed by atoms with Gasteiger partial charge in [0.2, 0.25) is 0 Å². The van der Waals surface area contributed by atoms with Crippen LogP contribution in [0.1, 0.15) is 33.9 Å². The molecule has 24 heavy (non-hydrogen) atoms. The number of hydrogen-bond donors (Lipinski definition) is 0. The molecule has 0 bridgehead atoms. The van der Waals surface area contributed by atoms with Gasteiger partial charge in [0.15, 0.2) is 9.84 Å². The van der Waals surface area contributed by atoms with Gasteiger partial charge in [-0.15, -0.1) is 0 Å². The number of rotatable bonds is 4. The number of sulfone groups is 1. The van der Waals surface area contributed by atoms with Crippen LogP contribution in [0.5, 0.6) is 0 Å². The van der Waals surface area contributed by atoms with Crippen molar-refractivity contribution < 1.29 is 17.6 Å². The predicted molar refractivity (Wildman–Crippen MR) is 91.6 cm³/mol. The molecule has 128 valence electrons. The highest BCUT2D eigenvalue weighted by Crippen LogP contribution is 2.24. The molecule has 1 aliphatic rings. The minimum Gasteiger partial charge on any atom is -0.466 e. The zero-order valence-corrected chi connectivity index (χ0v) is 14.7. The zero-order chi connectivity index (χ0) is 17.3. The van der Waals surface area contributed by atoms with Crippen molar-refractivity contribution in [3.05, 3.63) is 59.0 Å². The van der Waals surface area contributed by atoms with E-state index in [0.717, 1.165) is 5.56 Å². The molecule has 0 aliphatic carbocycles. The summed E-state index contributed by atoms with van der Waals surface area (Å²) in [6.07, 6.45) is 0.483. The third kappa shape index (κ3) is 3.53. The fourth-order valence-corrected chi connectivity index (χ4v) is 4.90. The Balaban J connectivity index is 1.92. The molecule has 0 spiro atoms. The Kier molecular flexibility index (Phi) is 4.49. The second-order valence-corrected chi connectivity index (χ2v) is 8.53. The van der Waals surface area contributed by atoms with Crippen LogP contribution in [-0.4, -0.2) is 36.8 Å². The van der Waals surface area contributed by atoms with Gasteiger partial charge in [-0.3, -0.25) is 4.79 Å². The Hall–Kier alpha value is -2.08. The van der Waals surface area contributed by atoms with E-state index in [9.17, 15) is 13.2 Å². The molecule has 1 aromatic heterocycles. The first-order valence-electron chi connectivity index (χ1n) is 7.98. The Morgan fingerprint density at radius 1 is 1.25 bits per heavy atom. The van der Waals surface area contributed by atoms with E-state index in [4.69, 9.17) is 4.42 Å². The van der Waals surface area contributed by atoms with E-state index in [0.29, 0.717) is 30.0 Å². The van der Waals surface area contributed by atoms with E-state index in [1.165, 1.54) is 0 Å². The first-order chi connectivity index (χ1) is 11.4. The van der Waals surface area contributed by atoms with Gasteiger partial charge < -0.3 is 9.32 Å². The van der Waals surface area contributed by atoms with Gasteiger partial charge >= 0.3 is 0 Å². The molecule has 1 saturated heterocycles. The molecule has 0 saturated carbocycles. The van der Waals surface area contributed by atoms with Crippen LogP contribution in [0.25, 0.3) is 0 Å². The van der Waals surface area contributed by atoms with E-state index in [2.05, 4.69) is 0 Å². The fraction of sp³-hybridized carbons (Fsp3) is 0.389. The summed E-state index contributed by atoms with van der Waals surface area (Å²) in [6.45, 7) is 3.95. The Morgan fingerprint density at radius 3 is 2.50 bits per heavy atom. The minimum atomic E-state index is -3.07. The summed E-state index contributed by atoms with van der Waals surface area (Å²) >= 11 is 0. The maximum Gasteiger partial charge on any atom is 0.257 e. The van der Waals surface area contributed by atoms with Crippen LogP contribution < -0.4 is 0 Å². The highest BCUT2D eigenvalue weighted by atomic mass is 32.2. The van der Waals surface area contributed by atoms with Gasteiger partial charge in [-0.05, 0) is 31.9 Å². The predicted octanol–water partition coefficient (Wildman–Crippen LogP) is 2.73. The topological polar surface area (TPSA) is 67.6 Å². The highest BCUT2D eigenvalue weighted by Gasteiger charge is 2.35. The van der Waals surface area contributed by atoms with Crippen molar-refractivity contribution >= 4 is 15.7 Å². The molecular formula is C18H21NO4S. The Labute approximate surface area is 142 Å². The first kappa shape index (κ1) is 16.8. The molecular weight excluding hydrogens is 326 g/mol. The number of carbonyl (C=O) groups is 1. The molecule has 0 radical (unpaired) electrons. The van der Waals surface area contributed by atoms with Crippen molar-refractivity contribution in [3.8, 4) is 0 Å². The second kappa shape index (κ2) is 6.43. The summed E-state index contributed by atoms with van der Waals surface area (Å²) in [4.78, 5) is 14.7. The van der Waals surface area contributed by atoms with Crippen LogP contribution in [0.3, 0.4) is 0 Å². The summed E-state index contributed by atoms with van der Waals surface area (Å²) in [5.74, 6) is 1.24. The maximum atomic E-state index is 13.1. The van der Waals surface area contributed by atoms with Crippen LogP contribution in [0.15, 0.2) is 40.8 Å². The quantitative estimate of drug-likeness (QED) is 0.853. The minimum absolute atomic E-state index is 0.0292. The van der Waals surface area contributed by atoms with Crippen molar-refractivity contribution in [3.63, 3.8) is 0 Å². The average Bonchev–Trinajstić information content (AvgIpc) is 3.06. The fourth-order valence-electron chi connectivity index (χ4n) is 3.17. The Bertz CT molecular complexity index is 839. The molecule has 1 aliphatic heterocycles. The number of aryl methyl sites for hydroxylation is 2. The summed E-state index contributed by atoms with van der Waals surface area (Å²) in [6, 6.07) is 11.1. The summed E-state index contributed by atoms with van der Waals surface area (Å²) in [5.41, 5.74) is 1.49.